The van der Waals surface area contributed by atoms with E-state index in [1.807, 2.05) is 20.8 Å². The highest BCUT2D eigenvalue weighted by Gasteiger charge is 2.22. The Morgan fingerprint density at radius 3 is 2.71 bits per heavy atom. The number of hydrogen-bond acceptors (Lipinski definition) is 4. The van der Waals surface area contributed by atoms with E-state index in [2.05, 4.69) is 11.4 Å². The Hall–Kier alpha value is -0.240. The summed E-state index contributed by atoms with van der Waals surface area (Å²) in [4.78, 5) is 0. The van der Waals surface area contributed by atoms with Gasteiger partial charge < -0.3 is 5.11 Å². The van der Waals surface area contributed by atoms with Gasteiger partial charge in [0, 0.05) is 12.4 Å². The normalized spacial score (nSPS) is 17.1. The molecule has 82 valence electrons. The molecule has 0 saturated heterocycles. The van der Waals surface area contributed by atoms with Crippen molar-refractivity contribution >= 4 is 11.8 Å². The van der Waals surface area contributed by atoms with E-state index in [0.29, 0.717) is 5.92 Å². The smallest absolute Gasteiger partial charge is 0.113 e. The maximum absolute atomic E-state index is 8.96. The van der Waals surface area contributed by atoms with Crippen LogP contribution >= 0.6 is 11.8 Å². The van der Waals surface area contributed by atoms with Gasteiger partial charge in [-0.15, -0.1) is 0 Å². The Bertz CT molecular complexity index is 193. The first-order valence-electron chi connectivity index (χ1n) is 4.93. The second-order valence-electron chi connectivity index (χ2n) is 3.78. The molecule has 0 amide bonds. The van der Waals surface area contributed by atoms with Crippen LogP contribution in [0.15, 0.2) is 0 Å². The van der Waals surface area contributed by atoms with Crippen LogP contribution in [0.25, 0.3) is 0 Å². The van der Waals surface area contributed by atoms with Crippen LogP contribution in [0.5, 0.6) is 0 Å². The molecule has 0 aliphatic heterocycles. The van der Waals surface area contributed by atoms with Crippen LogP contribution in [0.1, 0.15) is 20.8 Å². The van der Waals surface area contributed by atoms with Gasteiger partial charge in [0.1, 0.15) is 5.54 Å². The Balaban J connectivity index is 3.79. The number of rotatable bonds is 7. The van der Waals surface area contributed by atoms with Crippen LogP contribution < -0.4 is 5.32 Å². The predicted octanol–water partition coefficient (Wildman–Crippen LogP) is 1.24. The minimum Gasteiger partial charge on any atom is -0.396 e. The standard InChI is InChI=1S/C10H20N2OS/c1-4-12-10(3,7-11)8-14-6-9(2)5-13/h9,12-13H,4-6,8H2,1-3H3. The minimum atomic E-state index is -0.436. The fraction of sp³-hybridized carbons (Fsp3) is 0.900. The lowest BCUT2D eigenvalue weighted by atomic mass is 10.1. The molecule has 0 fully saturated rings. The molecule has 0 spiro atoms. The molecule has 0 aliphatic rings. The van der Waals surface area contributed by atoms with E-state index >= 15 is 0 Å². The Morgan fingerprint density at radius 2 is 2.29 bits per heavy atom. The van der Waals surface area contributed by atoms with Crippen molar-refractivity contribution in [2.75, 3.05) is 24.7 Å². The zero-order valence-electron chi connectivity index (χ0n) is 9.21. The van der Waals surface area contributed by atoms with Crippen molar-refractivity contribution in [3.05, 3.63) is 0 Å². The average molecular weight is 216 g/mol. The van der Waals surface area contributed by atoms with Crippen LogP contribution in [-0.2, 0) is 0 Å². The predicted molar refractivity (Wildman–Crippen MR) is 61.3 cm³/mol. The van der Waals surface area contributed by atoms with E-state index in [4.69, 9.17) is 10.4 Å². The summed E-state index contributed by atoms with van der Waals surface area (Å²) in [7, 11) is 0. The van der Waals surface area contributed by atoms with E-state index in [0.717, 1.165) is 18.1 Å². The molecule has 0 aliphatic carbocycles. The molecule has 0 saturated carbocycles. The van der Waals surface area contributed by atoms with Crippen LogP contribution in [0, 0.1) is 17.2 Å². The van der Waals surface area contributed by atoms with Gasteiger partial charge in [0.2, 0.25) is 0 Å². The highest BCUT2D eigenvalue weighted by molar-refractivity contribution is 7.99. The topological polar surface area (TPSA) is 56.0 Å². The van der Waals surface area contributed by atoms with E-state index in [-0.39, 0.29) is 6.61 Å². The summed E-state index contributed by atoms with van der Waals surface area (Å²) in [6.07, 6.45) is 0. The third kappa shape index (κ3) is 5.48. The molecule has 0 heterocycles. The van der Waals surface area contributed by atoms with Gasteiger partial charge in [0.15, 0.2) is 0 Å². The third-order valence-corrected chi connectivity index (χ3v) is 3.50. The lowest BCUT2D eigenvalue weighted by Gasteiger charge is -2.22. The Kier molecular flexibility index (Phi) is 6.98. The number of nitriles is 1. The van der Waals surface area contributed by atoms with Crippen LogP contribution in [0.4, 0.5) is 0 Å². The quantitative estimate of drug-likeness (QED) is 0.672. The first kappa shape index (κ1) is 13.8. The fourth-order valence-electron chi connectivity index (χ4n) is 1.03. The number of nitrogens with zero attached hydrogens (tertiary/aromatic N) is 1. The average Bonchev–Trinajstić information content (AvgIpc) is 2.18. The van der Waals surface area contributed by atoms with Gasteiger partial charge in [-0.1, -0.05) is 13.8 Å². The number of aliphatic hydroxyl groups excluding tert-OH is 1. The van der Waals surface area contributed by atoms with Gasteiger partial charge in [0.25, 0.3) is 0 Å². The van der Waals surface area contributed by atoms with Crippen molar-refractivity contribution in [1.29, 1.82) is 5.26 Å². The molecule has 2 N–H and O–H groups in total. The molecule has 2 unspecified atom stereocenters. The molecule has 4 heteroatoms. The molecule has 0 bridgehead atoms. The number of hydrogen-bond donors (Lipinski definition) is 2. The molecule has 0 aromatic heterocycles. The zero-order valence-corrected chi connectivity index (χ0v) is 10.0. The number of aliphatic hydroxyl groups is 1. The third-order valence-electron chi connectivity index (χ3n) is 1.92. The molecule has 14 heavy (non-hydrogen) atoms. The lowest BCUT2D eigenvalue weighted by molar-refractivity contribution is 0.250. The summed E-state index contributed by atoms with van der Waals surface area (Å²) in [5.74, 6) is 1.98. The van der Waals surface area contributed by atoms with Gasteiger partial charge in [-0.05, 0) is 25.1 Å². The monoisotopic (exact) mass is 216 g/mol. The van der Waals surface area contributed by atoms with Crippen LogP contribution in [0.2, 0.25) is 0 Å². The maximum Gasteiger partial charge on any atom is 0.113 e. The van der Waals surface area contributed by atoms with Crippen molar-refractivity contribution in [1.82, 2.24) is 5.32 Å². The van der Waals surface area contributed by atoms with E-state index in [1.54, 1.807) is 11.8 Å². The van der Waals surface area contributed by atoms with Crippen molar-refractivity contribution < 1.29 is 5.11 Å². The first-order valence-corrected chi connectivity index (χ1v) is 6.08. The second kappa shape index (κ2) is 7.10. The molecule has 0 rings (SSSR count). The molecular formula is C10H20N2OS. The first-order chi connectivity index (χ1) is 6.58. The molecule has 0 aromatic carbocycles. The van der Waals surface area contributed by atoms with Crippen LogP contribution in [-0.4, -0.2) is 35.3 Å². The van der Waals surface area contributed by atoms with Crippen molar-refractivity contribution in [2.45, 2.75) is 26.3 Å². The van der Waals surface area contributed by atoms with Crippen molar-refractivity contribution in [3.8, 4) is 6.07 Å². The molecule has 3 nitrogen and oxygen atoms in total. The SMILES string of the molecule is CCNC(C)(C#N)CSCC(C)CO. The summed E-state index contributed by atoms with van der Waals surface area (Å²) < 4.78 is 0. The van der Waals surface area contributed by atoms with E-state index in [1.165, 1.54) is 0 Å². The minimum absolute atomic E-state index is 0.220. The lowest BCUT2D eigenvalue weighted by Crippen LogP contribution is -2.43. The maximum atomic E-state index is 8.96. The summed E-state index contributed by atoms with van der Waals surface area (Å²) in [5.41, 5.74) is -0.436. The molecular weight excluding hydrogens is 196 g/mol. The summed E-state index contributed by atoms with van der Waals surface area (Å²) in [5, 5.41) is 21.0. The zero-order chi connectivity index (χ0) is 11.0. The summed E-state index contributed by atoms with van der Waals surface area (Å²) in [6, 6.07) is 2.28. The Labute approximate surface area is 90.9 Å². The van der Waals surface area contributed by atoms with Gasteiger partial charge in [-0.3, -0.25) is 5.32 Å². The van der Waals surface area contributed by atoms with E-state index in [9.17, 15) is 0 Å². The van der Waals surface area contributed by atoms with Gasteiger partial charge in [-0.2, -0.15) is 17.0 Å². The second-order valence-corrected chi connectivity index (χ2v) is 4.81. The van der Waals surface area contributed by atoms with Crippen molar-refractivity contribution in [2.24, 2.45) is 5.92 Å². The highest BCUT2D eigenvalue weighted by atomic mass is 32.2. The summed E-state index contributed by atoms with van der Waals surface area (Å²) >= 11 is 1.71. The van der Waals surface area contributed by atoms with E-state index < -0.39 is 5.54 Å². The largest absolute Gasteiger partial charge is 0.396 e. The number of nitrogens with one attached hydrogen (secondary N) is 1. The molecule has 0 aromatic rings. The molecule has 2 atom stereocenters. The van der Waals surface area contributed by atoms with Gasteiger partial charge in [-0.25, -0.2) is 0 Å². The van der Waals surface area contributed by atoms with Crippen LogP contribution in [0.3, 0.4) is 0 Å². The number of thioether (sulfide) groups is 1. The van der Waals surface area contributed by atoms with Crippen molar-refractivity contribution in [3.63, 3.8) is 0 Å². The summed E-state index contributed by atoms with van der Waals surface area (Å²) in [6.45, 7) is 6.94. The molecule has 0 radical (unpaired) electrons. The van der Waals surface area contributed by atoms with Gasteiger partial charge >= 0.3 is 0 Å². The Morgan fingerprint density at radius 1 is 1.64 bits per heavy atom. The highest BCUT2D eigenvalue weighted by Crippen LogP contribution is 2.15. The fourth-order valence-corrected chi connectivity index (χ4v) is 2.23. The van der Waals surface area contributed by atoms with Gasteiger partial charge in [0.05, 0.1) is 6.07 Å².